The maximum Gasteiger partial charge on any atom is 0.165 e. The molecule has 1 aliphatic rings. The molecule has 128 valence electrons. The van der Waals surface area contributed by atoms with Crippen LogP contribution in [-0.2, 0) is 6.54 Å². The van der Waals surface area contributed by atoms with Crippen LogP contribution in [0.25, 0.3) is 0 Å². The second-order valence-corrected chi connectivity index (χ2v) is 5.86. The Balaban J connectivity index is 1.71. The van der Waals surface area contributed by atoms with Gasteiger partial charge in [0.15, 0.2) is 11.5 Å². The maximum absolute atomic E-state index is 5.47. The van der Waals surface area contributed by atoms with E-state index in [0.29, 0.717) is 12.5 Å². The number of rotatable bonds is 6. The van der Waals surface area contributed by atoms with Gasteiger partial charge < -0.3 is 20.1 Å². The van der Waals surface area contributed by atoms with Crippen LogP contribution in [0.4, 0.5) is 5.82 Å². The molecule has 6 nitrogen and oxygen atoms in total. The van der Waals surface area contributed by atoms with Gasteiger partial charge >= 0.3 is 0 Å². The maximum atomic E-state index is 5.47. The zero-order chi connectivity index (χ0) is 16.8. The van der Waals surface area contributed by atoms with Crippen LogP contribution in [0.5, 0.6) is 11.5 Å². The van der Waals surface area contributed by atoms with Crippen LogP contribution in [0.3, 0.4) is 0 Å². The third kappa shape index (κ3) is 3.76. The summed E-state index contributed by atoms with van der Waals surface area (Å²) in [5, 5.41) is 6.75. The van der Waals surface area contributed by atoms with Gasteiger partial charge in [0.1, 0.15) is 12.1 Å². The number of piperidine rings is 1. The molecule has 24 heavy (non-hydrogen) atoms. The minimum atomic E-state index is 0.515. The lowest BCUT2D eigenvalue weighted by Crippen LogP contribution is -2.27. The largest absolute Gasteiger partial charge is 0.493 e. The van der Waals surface area contributed by atoms with Crippen LogP contribution < -0.4 is 20.1 Å². The molecule has 1 saturated heterocycles. The highest BCUT2D eigenvalue weighted by atomic mass is 16.5. The average molecular weight is 328 g/mol. The average Bonchev–Trinajstić information content (AvgIpc) is 2.66. The van der Waals surface area contributed by atoms with Gasteiger partial charge in [0.25, 0.3) is 0 Å². The highest BCUT2D eigenvalue weighted by Gasteiger charge is 2.17. The van der Waals surface area contributed by atoms with Gasteiger partial charge in [-0.25, -0.2) is 9.97 Å². The molecular weight excluding hydrogens is 304 g/mol. The van der Waals surface area contributed by atoms with Crippen LogP contribution in [0.1, 0.15) is 30.0 Å². The van der Waals surface area contributed by atoms with Gasteiger partial charge in [0, 0.05) is 29.8 Å². The molecule has 0 atom stereocenters. The number of aromatic nitrogens is 2. The lowest BCUT2D eigenvalue weighted by molar-refractivity contribution is 0.352. The first-order valence-electron chi connectivity index (χ1n) is 8.28. The molecule has 0 unspecified atom stereocenters. The minimum absolute atomic E-state index is 0.515. The number of nitrogens with zero attached hydrogens (tertiary/aromatic N) is 2. The first-order chi connectivity index (χ1) is 11.8. The highest BCUT2D eigenvalue weighted by molar-refractivity contribution is 5.48. The highest BCUT2D eigenvalue weighted by Crippen LogP contribution is 2.31. The van der Waals surface area contributed by atoms with Gasteiger partial charge in [-0.05, 0) is 32.0 Å². The van der Waals surface area contributed by atoms with E-state index in [-0.39, 0.29) is 0 Å². The summed E-state index contributed by atoms with van der Waals surface area (Å²) in [6.45, 7) is 2.72. The molecule has 6 heteroatoms. The molecule has 0 aliphatic carbocycles. The van der Waals surface area contributed by atoms with Crippen molar-refractivity contribution in [1.29, 1.82) is 0 Å². The molecule has 2 aromatic rings. The lowest BCUT2D eigenvalue weighted by Gasteiger charge is -2.22. The van der Waals surface area contributed by atoms with E-state index in [4.69, 9.17) is 9.47 Å². The number of nitrogens with one attached hydrogen (secondary N) is 2. The Hall–Kier alpha value is -2.34. The molecule has 0 spiro atoms. The molecule has 0 saturated carbocycles. The van der Waals surface area contributed by atoms with Crippen LogP contribution in [0, 0.1) is 0 Å². The summed E-state index contributed by atoms with van der Waals surface area (Å²) < 4.78 is 10.8. The SMILES string of the molecule is COc1cccc(CNc2cc(C3CCNCC3)ncn2)c1OC. The normalized spacial score (nSPS) is 15.1. The number of methoxy groups -OCH3 is 2. The second kappa shape index (κ2) is 7.97. The van der Waals surface area contributed by atoms with Crippen LogP contribution >= 0.6 is 0 Å². The van der Waals surface area contributed by atoms with Crippen molar-refractivity contribution in [1.82, 2.24) is 15.3 Å². The van der Waals surface area contributed by atoms with Crippen LogP contribution in [0.2, 0.25) is 0 Å². The predicted octanol–water partition coefficient (Wildman–Crippen LogP) is 2.57. The van der Waals surface area contributed by atoms with E-state index >= 15 is 0 Å². The third-order valence-electron chi connectivity index (χ3n) is 4.39. The topological polar surface area (TPSA) is 68.3 Å². The molecule has 1 aliphatic heterocycles. The van der Waals surface area contributed by atoms with Crippen LogP contribution in [-0.4, -0.2) is 37.3 Å². The first-order valence-corrected chi connectivity index (χ1v) is 8.28. The van der Waals surface area contributed by atoms with Crippen molar-refractivity contribution >= 4 is 5.82 Å². The number of benzene rings is 1. The second-order valence-electron chi connectivity index (χ2n) is 5.86. The van der Waals surface area contributed by atoms with Crippen molar-refractivity contribution in [3.8, 4) is 11.5 Å². The Morgan fingerprint density at radius 1 is 1.17 bits per heavy atom. The standard InChI is InChI=1S/C18H24N4O2/c1-23-16-5-3-4-14(18(16)24-2)11-20-17-10-15(21-12-22-17)13-6-8-19-9-7-13/h3-5,10,12-13,19H,6-9,11H2,1-2H3,(H,20,21,22). The van der Waals surface area contributed by atoms with Gasteiger partial charge in [-0.1, -0.05) is 12.1 Å². The quantitative estimate of drug-likeness (QED) is 0.849. The van der Waals surface area contributed by atoms with E-state index in [2.05, 4.69) is 26.7 Å². The number of anilines is 1. The molecule has 2 N–H and O–H groups in total. The predicted molar refractivity (Wildman–Crippen MR) is 93.7 cm³/mol. The molecule has 0 radical (unpaired) electrons. The molecule has 0 amide bonds. The van der Waals surface area contributed by atoms with Crippen molar-refractivity contribution in [2.75, 3.05) is 32.6 Å². The van der Waals surface area contributed by atoms with E-state index in [9.17, 15) is 0 Å². The fourth-order valence-corrected chi connectivity index (χ4v) is 3.09. The molecule has 1 fully saturated rings. The first kappa shape index (κ1) is 16.5. The van der Waals surface area contributed by atoms with Crippen LogP contribution in [0.15, 0.2) is 30.6 Å². The fraction of sp³-hybridized carbons (Fsp3) is 0.444. The van der Waals surface area contributed by atoms with Crippen molar-refractivity contribution in [3.63, 3.8) is 0 Å². The van der Waals surface area contributed by atoms with Crippen molar-refractivity contribution in [2.24, 2.45) is 0 Å². The van der Waals surface area contributed by atoms with Gasteiger partial charge in [-0.3, -0.25) is 0 Å². The monoisotopic (exact) mass is 328 g/mol. The molecule has 1 aromatic carbocycles. The smallest absolute Gasteiger partial charge is 0.165 e. The van der Waals surface area contributed by atoms with E-state index < -0.39 is 0 Å². The molecule has 1 aromatic heterocycles. The minimum Gasteiger partial charge on any atom is -0.493 e. The summed E-state index contributed by atoms with van der Waals surface area (Å²) in [6, 6.07) is 7.92. The van der Waals surface area contributed by atoms with Crippen molar-refractivity contribution < 1.29 is 9.47 Å². The van der Waals surface area contributed by atoms with Crippen molar-refractivity contribution in [3.05, 3.63) is 41.9 Å². The summed E-state index contributed by atoms with van der Waals surface area (Å²) in [5.74, 6) is 2.83. The third-order valence-corrected chi connectivity index (χ3v) is 4.39. The van der Waals surface area contributed by atoms with E-state index in [1.807, 2.05) is 18.2 Å². The number of ether oxygens (including phenoxy) is 2. The zero-order valence-corrected chi connectivity index (χ0v) is 14.2. The Morgan fingerprint density at radius 3 is 2.75 bits per heavy atom. The van der Waals surface area contributed by atoms with E-state index in [1.54, 1.807) is 20.5 Å². The zero-order valence-electron chi connectivity index (χ0n) is 14.2. The molecule has 3 rings (SSSR count). The Labute approximate surface area is 142 Å². The van der Waals surface area contributed by atoms with Gasteiger partial charge in [0.05, 0.1) is 14.2 Å². The number of para-hydroxylation sites is 1. The summed E-state index contributed by atoms with van der Waals surface area (Å²) in [4.78, 5) is 8.79. The Kier molecular flexibility index (Phi) is 5.48. The molecule has 2 heterocycles. The summed E-state index contributed by atoms with van der Waals surface area (Å²) >= 11 is 0. The Bertz CT molecular complexity index is 672. The van der Waals surface area contributed by atoms with Gasteiger partial charge in [-0.2, -0.15) is 0 Å². The molecular formula is C18H24N4O2. The van der Waals surface area contributed by atoms with E-state index in [1.165, 1.54) is 0 Å². The lowest BCUT2D eigenvalue weighted by atomic mass is 9.94. The summed E-state index contributed by atoms with van der Waals surface area (Å²) in [7, 11) is 3.30. The fourth-order valence-electron chi connectivity index (χ4n) is 3.09. The van der Waals surface area contributed by atoms with Gasteiger partial charge in [0.2, 0.25) is 0 Å². The van der Waals surface area contributed by atoms with Gasteiger partial charge in [-0.15, -0.1) is 0 Å². The molecule has 0 bridgehead atoms. The summed E-state index contributed by atoms with van der Waals surface area (Å²) in [5.41, 5.74) is 2.14. The number of hydrogen-bond donors (Lipinski definition) is 2. The summed E-state index contributed by atoms with van der Waals surface area (Å²) in [6.07, 6.45) is 3.89. The van der Waals surface area contributed by atoms with E-state index in [0.717, 1.165) is 54.5 Å². The Morgan fingerprint density at radius 2 is 2.00 bits per heavy atom. The number of hydrogen-bond acceptors (Lipinski definition) is 6. The van der Waals surface area contributed by atoms with Crippen molar-refractivity contribution in [2.45, 2.75) is 25.3 Å².